The van der Waals surface area contributed by atoms with Crippen LogP contribution in [0.5, 0.6) is 0 Å². The van der Waals surface area contributed by atoms with Crippen molar-refractivity contribution in [3.63, 3.8) is 0 Å². The number of carbonyl (C=O) groups is 1. The molecule has 3 nitrogen and oxygen atoms in total. The Kier molecular flexibility index (Phi) is 3.71. The van der Waals surface area contributed by atoms with Crippen LogP contribution in [0.1, 0.15) is 35.3 Å². The summed E-state index contributed by atoms with van der Waals surface area (Å²) in [5, 5.41) is 3.35. The van der Waals surface area contributed by atoms with Gasteiger partial charge in [0.05, 0.1) is 0 Å². The first-order chi connectivity index (χ1) is 8.49. The fourth-order valence-corrected chi connectivity index (χ4v) is 2.78. The summed E-state index contributed by atoms with van der Waals surface area (Å²) in [5.74, 6) is 0.156. The van der Waals surface area contributed by atoms with E-state index < -0.39 is 0 Å². The first-order valence-electron chi connectivity index (χ1n) is 6.60. The van der Waals surface area contributed by atoms with Gasteiger partial charge in [0.1, 0.15) is 0 Å². The molecule has 1 aliphatic heterocycles. The van der Waals surface area contributed by atoms with Crippen molar-refractivity contribution in [2.45, 2.75) is 39.8 Å². The molecular weight excluding hydrogens is 224 g/mol. The summed E-state index contributed by atoms with van der Waals surface area (Å²) < 4.78 is 0. The van der Waals surface area contributed by atoms with E-state index in [1.807, 2.05) is 30.9 Å². The number of aryl methyl sites for hydroxylation is 2. The fourth-order valence-electron chi connectivity index (χ4n) is 2.78. The van der Waals surface area contributed by atoms with E-state index >= 15 is 0 Å². The third-order valence-corrected chi connectivity index (χ3v) is 3.53. The van der Waals surface area contributed by atoms with E-state index in [0.29, 0.717) is 0 Å². The van der Waals surface area contributed by atoms with Crippen molar-refractivity contribution in [2.24, 2.45) is 0 Å². The Bertz CT molecular complexity index is 426. The molecule has 1 aromatic carbocycles. The van der Waals surface area contributed by atoms with Gasteiger partial charge in [-0.05, 0) is 39.8 Å². The lowest BCUT2D eigenvalue weighted by Gasteiger charge is -2.39. The number of benzene rings is 1. The van der Waals surface area contributed by atoms with Crippen molar-refractivity contribution in [3.05, 3.63) is 34.9 Å². The summed E-state index contributed by atoms with van der Waals surface area (Å²) in [7, 11) is 0. The molecule has 1 heterocycles. The predicted octanol–water partition coefficient (Wildman–Crippen LogP) is 2.13. The SMILES string of the molecule is Cc1cc(C)cc(C(=O)N2C(C)CNCC2C)c1. The predicted molar refractivity (Wildman–Crippen MR) is 73.9 cm³/mol. The summed E-state index contributed by atoms with van der Waals surface area (Å²) in [5.41, 5.74) is 3.11. The molecule has 0 bridgehead atoms. The van der Waals surface area contributed by atoms with E-state index in [0.717, 1.165) is 29.8 Å². The monoisotopic (exact) mass is 246 g/mol. The zero-order chi connectivity index (χ0) is 13.3. The highest BCUT2D eigenvalue weighted by Crippen LogP contribution is 2.17. The largest absolute Gasteiger partial charge is 0.331 e. The molecule has 1 saturated heterocycles. The Morgan fingerprint density at radius 2 is 1.61 bits per heavy atom. The summed E-state index contributed by atoms with van der Waals surface area (Å²) >= 11 is 0. The van der Waals surface area contributed by atoms with Gasteiger partial charge in [0, 0.05) is 30.7 Å². The van der Waals surface area contributed by atoms with E-state index in [4.69, 9.17) is 0 Å². The fraction of sp³-hybridized carbons (Fsp3) is 0.533. The van der Waals surface area contributed by atoms with Gasteiger partial charge in [0.15, 0.2) is 0 Å². The van der Waals surface area contributed by atoms with Gasteiger partial charge in [-0.2, -0.15) is 0 Å². The van der Waals surface area contributed by atoms with Crippen molar-refractivity contribution in [3.8, 4) is 0 Å². The standard InChI is InChI=1S/C15H22N2O/c1-10-5-11(2)7-14(6-10)15(18)17-12(3)8-16-9-13(17)4/h5-7,12-13,16H,8-9H2,1-4H3. The van der Waals surface area contributed by atoms with Crippen molar-refractivity contribution >= 4 is 5.91 Å². The summed E-state index contributed by atoms with van der Waals surface area (Å²) in [4.78, 5) is 14.6. The molecule has 1 N–H and O–H groups in total. The second-order valence-electron chi connectivity index (χ2n) is 5.45. The molecule has 98 valence electrons. The molecule has 1 amide bonds. The first-order valence-corrected chi connectivity index (χ1v) is 6.60. The number of hydrogen-bond donors (Lipinski definition) is 1. The van der Waals surface area contributed by atoms with Gasteiger partial charge in [0.25, 0.3) is 5.91 Å². The van der Waals surface area contributed by atoms with Crippen LogP contribution in [-0.4, -0.2) is 36.0 Å². The van der Waals surface area contributed by atoms with Gasteiger partial charge in [0.2, 0.25) is 0 Å². The minimum atomic E-state index is 0.156. The summed E-state index contributed by atoms with van der Waals surface area (Å²) in [6.45, 7) is 10.0. The summed E-state index contributed by atoms with van der Waals surface area (Å²) in [6, 6.07) is 6.57. The molecular formula is C15H22N2O. The van der Waals surface area contributed by atoms with E-state index in [9.17, 15) is 4.79 Å². The van der Waals surface area contributed by atoms with Crippen molar-refractivity contribution in [1.82, 2.24) is 10.2 Å². The molecule has 1 aromatic rings. The number of rotatable bonds is 1. The summed E-state index contributed by atoms with van der Waals surface area (Å²) in [6.07, 6.45) is 0. The van der Waals surface area contributed by atoms with Crippen LogP contribution in [0.2, 0.25) is 0 Å². The molecule has 18 heavy (non-hydrogen) atoms. The van der Waals surface area contributed by atoms with E-state index in [-0.39, 0.29) is 18.0 Å². The highest BCUT2D eigenvalue weighted by atomic mass is 16.2. The number of carbonyl (C=O) groups excluding carboxylic acids is 1. The van der Waals surface area contributed by atoms with E-state index in [1.54, 1.807) is 0 Å². The minimum Gasteiger partial charge on any atom is -0.331 e. The normalized spacial score (nSPS) is 24.1. The second kappa shape index (κ2) is 5.11. The molecule has 2 rings (SSSR count). The van der Waals surface area contributed by atoms with Gasteiger partial charge < -0.3 is 10.2 Å². The molecule has 1 aliphatic rings. The lowest BCUT2D eigenvalue weighted by molar-refractivity contribution is 0.0544. The first kappa shape index (κ1) is 13.1. The van der Waals surface area contributed by atoms with Crippen LogP contribution in [0.25, 0.3) is 0 Å². The highest BCUT2D eigenvalue weighted by Gasteiger charge is 2.29. The number of nitrogens with one attached hydrogen (secondary N) is 1. The zero-order valence-corrected chi connectivity index (χ0v) is 11.7. The Morgan fingerprint density at radius 3 is 2.11 bits per heavy atom. The van der Waals surface area contributed by atoms with Gasteiger partial charge in [-0.15, -0.1) is 0 Å². The van der Waals surface area contributed by atoms with Gasteiger partial charge >= 0.3 is 0 Å². The molecule has 0 radical (unpaired) electrons. The quantitative estimate of drug-likeness (QED) is 0.823. The Labute approximate surface area is 109 Å². The number of piperazine rings is 1. The van der Waals surface area contributed by atoms with Crippen molar-refractivity contribution in [2.75, 3.05) is 13.1 Å². The van der Waals surface area contributed by atoms with Gasteiger partial charge in [-0.25, -0.2) is 0 Å². The lowest BCUT2D eigenvalue weighted by atomic mass is 10.0. The molecule has 0 spiro atoms. The van der Waals surface area contributed by atoms with Crippen molar-refractivity contribution < 1.29 is 4.79 Å². The molecule has 0 aromatic heterocycles. The second-order valence-corrected chi connectivity index (χ2v) is 5.45. The molecule has 0 saturated carbocycles. The minimum absolute atomic E-state index is 0.156. The average molecular weight is 246 g/mol. The van der Waals surface area contributed by atoms with Crippen LogP contribution < -0.4 is 5.32 Å². The van der Waals surface area contributed by atoms with Crippen LogP contribution in [0.4, 0.5) is 0 Å². The van der Waals surface area contributed by atoms with Crippen LogP contribution in [0, 0.1) is 13.8 Å². The number of amides is 1. The van der Waals surface area contributed by atoms with Crippen LogP contribution in [0.3, 0.4) is 0 Å². The number of nitrogens with zero attached hydrogens (tertiary/aromatic N) is 1. The highest BCUT2D eigenvalue weighted by molar-refractivity contribution is 5.95. The van der Waals surface area contributed by atoms with Crippen LogP contribution in [-0.2, 0) is 0 Å². The molecule has 0 aliphatic carbocycles. The van der Waals surface area contributed by atoms with Crippen LogP contribution in [0.15, 0.2) is 18.2 Å². The van der Waals surface area contributed by atoms with Gasteiger partial charge in [-0.3, -0.25) is 4.79 Å². The maximum Gasteiger partial charge on any atom is 0.254 e. The molecule has 1 fully saturated rings. The third kappa shape index (κ3) is 2.56. The molecule has 2 unspecified atom stereocenters. The average Bonchev–Trinajstić information content (AvgIpc) is 2.27. The Hall–Kier alpha value is -1.35. The molecule has 3 heteroatoms. The van der Waals surface area contributed by atoms with Crippen LogP contribution >= 0.6 is 0 Å². The smallest absolute Gasteiger partial charge is 0.254 e. The molecule has 2 atom stereocenters. The maximum atomic E-state index is 12.6. The zero-order valence-electron chi connectivity index (χ0n) is 11.7. The van der Waals surface area contributed by atoms with Gasteiger partial charge in [-0.1, -0.05) is 17.2 Å². The maximum absolute atomic E-state index is 12.6. The third-order valence-electron chi connectivity index (χ3n) is 3.53. The van der Waals surface area contributed by atoms with E-state index in [2.05, 4.69) is 25.2 Å². The Balaban J connectivity index is 2.29. The Morgan fingerprint density at radius 1 is 1.11 bits per heavy atom. The van der Waals surface area contributed by atoms with E-state index in [1.165, 1.54) is 0 Å². The lowest BCUT2D eigenvalue weighted by Crippen LogP contribution is -2.57. The number of hydrogen-bond acceptors (Lipinski definition) is 2. The topological polar surface area (TPSA) is 32.3 Å². The van der Waals surface area contributed by atoms with Crippen molar-refractivity contribution in [1.29, 1.82) is 0 Å².